The van der Waals surface area contributed by atoms with E-state index in [0.29, 0.717) is 6.04 Å². The SMILES string of the molecule is Cc1ccc([C@@H](N)CC2CC2)s1. The third-order valence-electron chi connectivity index (χ3n) is 2.41. The highest BCUT2D eigenvalue weighted by molar-refractivity contribution is 7.12. The Balaban J connectivity index is 1.97. The summed E-state index contributed by atoms with van der Waals surface area (Å²) in [4.78, 5) is 2.73. The van der Waals surface area contributed by atoms with Gasteiger partial charge in [0.05, 0.1) is 0 Å². The monoisotopic (exact) mass is 181 g/mol. The maximum atomic E-state index is 6.06. The molecule has 2 heteroatoms. The molecule has 1 aromatic heterocycles. The average molecular weight is 181 g/mol. The van der Waals surface area contributed by atoms with Crippen LogP contribution in [0.4, 0.5) is 0 Å². The summed E-state index contributed by atoms with van der Waals surface area (Å²) in [6.07, 6.45) is 4.00. The maximum absolute atomic E-state index is 6.06. The molecule has 0 bridgehead atoms. The Kier molecular flexibility index (Phi) is 2.20. The summed E-state index contributed by atoms with van der Waals surface area (Å²) < 4.78 is 0. The summed E-state index contributed by atoms with van der Waals surface area (Å²) in [6, 6.07) is 4.64. The van der Waals surface area contributed by atoms with Gasteiger partial charge in [-0.1, -0.05) is 12.8 Å². The predicted octanol–water partition coefficient (Wildman–Crippen LogP) is 2.86. The van der Waals surface area contributed by atoms with E-state index in [1.54, 1.807) is 0 Å². The van der Waals surface area contributed by atoms with Crippen molar-refractivity contribution in [3.63, 3.8) is 0 Å². The van der Waals surface area contributed by atoms with Gasteiger partial charge in [-0.2, -0.15) is 0 Å². The molecule has 66 valence electrons. The Morgan fingerprint density at radius 1 is 1.58 bits per heavy atom. The second-order valence-corrected chi connectivity index (χ2v) is 5.05. The van der Waals surface area contributed by atoms with Gasteiger partial charge in [-0.25, -0.2) is 0 Å². The van der Waals surface area contributed by atoms with Gasteiger partial charge in [0.25, 0.3) is 0 Å². The molecule has 1 aromatic rings. The zero-order valence-electron chi connectivity index (χ0n) is 7.42. The lowest BCUT2D eigenvalue weighted by molar-refractivity contribution is 0.605. The Bertz CT molecular complexity index is 263. The number of hydrogen-bond acceptors (Lipinski definition) is 2. The van der Waals surface area contributed by atoms with Crippen LogP contribution in [0.2, 0.25) is 0 Å². The summed E-state index contributed by atoms with van der Waals surface area (Å²) in [5, 5.41) is 0. The number of nitrogens with two attached hydrogens (primary N) is 1. The van der Waals surface area contributed by atoms with Crippen molar-refractivity contribution < 1.29 is 0 Å². The molecule has 0 spiro atoms. The fourth-order valence-corrected chi connectivity index (χ4v) is 2.37. The van der Waals surface area contributed by atoms with E-state index in [2.05, 4.69) is 19.1 Å². The van der Waals surface area contributed by atoms with E-state index in [-0.39, 0.29) is 0 Å². The molecule has 2 N–H and O–H groups in total. The molecule has 0 amide bonds. The van der Waals surface area contributed by atoms with Crippen molar-refractivity contribution in [3.8, 4) is 0 Å². The van der Waals surface area contributed by atoms with Gasteiger partial charge in [-0.05, 0) is 31.4 Å². The minimum Gasteiger partial charge on any atom is -0.323 e. The molecule has 0 aliphatic heterocycles. The van der Waals surface area contributed by atoms with E-state index in [1.165, 1.54) is 29.0 Å². The van der Waals surface area contributed by atoms with Crippen LogP contribution in [-0.2, 0) is 0 Å². The number of thiophene rings is 1. The molecule has 0 radical (unpaired) electrons. The summed E-state index contributed by atoms with van der Waals surface area (Å²) in [5.41, 5.74) is 6.06. The zero-order chi connectivity index (χ0) is 8.55. The smallest absolute Gasteiger partial charge is 0.0392 e. The van der Waals surface area contributed by atoms with Gasteiger partial charge < -0.3 is 5.73 Å². The highest BCUT2D eigenvalue weighted by Gasteiger charge is 2.24. The topological polar surface area (TPSA) is 26.0 Å². The van der Waals surface area contributed by atoms with Gasteiger partial charge in [-0.3, -0.25) is 0 Å². The van der Waals surface area contributed by atoms with Crippen LogP contribution in [0.5, 0.6) is 0 Å². The lowest BCUT2D eigenvalue weighted by atomic mass is 10.1. The Morgan fingerprint density at radius 2 is 2.33 bits per heavy atom. The molecule has 1 atom stereocenters. The number of aryl methyl sites for hydroxylation is 1. The van der Waals surface area contributed by atoms with Crippen LogP contribution in [0.15, 0.2) is 12.1 Å². The standard InChI is InChI=1S/C10H15NS/c1-7-2-5-10(12-7)9(11)6-8-3-4-8/h2,5,8-9H,3-4,6,11H2,1H3/t9-/m0/s1. The van der Waals surface area contributed by atoms with E-state index < -0.39 is 0 Å². The second kappa shape index (κ2) is 3.19. The first-order valence-electron chi connectivity index (χ1n) is 4.57. The molecular formula is C10H15NS. The Morgan fingerprint density at radius 3 is 2.83 bits per heavy atom. The van der Waals surface area contributed by atoms with E-state index in [9.17, 15) is 0 Å². The minimum absolute atomic E-state index is 0.302. The molecule has 1 fully saturated rings. The second-order valence-electron chi connectivity index (χ2n) is 3.73. The summed E-state index contributed by atoms with van der Waals surface area (Å²) in [7, 11) is 0. The van der Waals surface area contributed by atoms with Crippen LogP contribution >= 0.6 is 11.3 Å². The largest absolute Gasteiger partial charge is 0.323 e. The van der Waals surface area contributed by atoms with Crippen LogP contribution in [0.3, 0.4) is 0 Å². The first-order chi connectivity index (χ1) is 5.75. The van der Waals surface area contributed by atoms with Crippen LogP contribution in [-0.4, -0.2) is 0 Å². The van der Waals surface area contributed by atoms with Gasteiger partial charge in [0.1, 0.15) is 0 Å². The molecule has 2 rings (SSSR count). The van der Waals surface area contributed by atoms with E-state index in [0.717, 1.165) is 5.92 Å². The van der Waals surface area contributed by atoms with Crippen molar-refractivity contribution in [1.82, 2.24) is 0 Å². The van der Waals surface area contributed by atoms with E-state index in [1.807, 2.05) is 11.3 Å². The number of hydrogen-bond donors (Lipinski definition) is 1. The number of rotatable bonds is 3. The molecule has 0 unspecified atom stereocenters. The van der Waals surface area contributed by atoms with Gasteiger partial charge in [0, 0.05) is 15.8 Å². The first kappa shape index (κ1) is 8.27. The molecule has 1 heterocycles. The van der Waals surface area contributed by atoms with Crippen molar-refractivity contribution in [3.05, 3.63) is 21.9 Å². The van der Waals surface area contributed by atoms with Crippen molar-refractivity contribution in [2.24, 2.45) is 11.7 Å². The van der Waals surface area contributed by atoms with Crippen LogP contribution < -0.4 is 5.73 Å². The van der Waals surface area contributed by atoms with Gasteiger partial charge in [-0.15, -0.1) is 11.3 Å². The molecule has 1 nitrogen and oxygen atoms in total. The third kappa shape index (κ3) is 1.87. The quantitative estimate of drug-likeness (QED) is 0.762. The van der Waals surface area contributed by atoms with Gasteiger partial charge >= 0.3 is 0 Å². The van der Waals surface area contributed by atoms with Gasteiger partial charge in [0.15, 0.2) is 0 Å². The summed E-state index contributed by atoms with van der Waals surface area (Å²) in [5.74, 6) is 0.933. The highest BCUT2D eigenvalue weighted by atomic mass is 32.1. The molecular weight excluding hydrogens is 166 g/mol. The van der Waals surface area contributed by atoms with Crippen molar-refractivity contribution in [2.45, 2.75) is 32.2 Å². The zero-order valence-corrected chi connectivity index (χ0v) is 8.23. The minimum atomic E-state index is 0.302. The molecule has 1 aliphatic carbocycles. The Hall–Kier alpha value is -0.340. The Labute approximate surface area is 77.6 Å². The van der Waals surface area contributed by atoms with Gasteiger partial charge in [0.2, 0.25) is 0 Å². The molecule has 0 aromatic carbocycles. The van der Waals surface area contributed by atoms with Crippen LogP contribution in [0.25, 0.3) is 0 Å². The molecule has 1 aliphatic rings. The average Bonchev–Trinajstić information content (AvgIpc) is 2.72. The normalized spacial score (nSPS) is 19.5. The summed E-state index contributed by atoms with van der Waals surface area (Å²) >= 11 is 1.84. The van der Waals surface area contributed by atoms with Crippen molar-refractivity contribution >= 4 is 11.3 Å². The van der Waals surface area contributed by atoms with Crippen molar-refractivity contribution in [2.75, 3.05) is 0 Å². The van der Waals surface area contributed by atoms with E-state index in [4.69, 9.17) is 5.73 Å². The molecule has 12 heavy (non-hydrogen) atoms. The third-order valence-corrected chi connectivity index (χ3v) is 3.54. The summed E-state index contributed by atoms with van der Waals surface area (Å²) in [6.45, 7) is 2.14. The van der Waals surface area contributed by atoms with Crippen LogP contribution in [0, 0.1) is 12.8 Å². The molecule has 0 saturated heterocycles. The van der Waals surface area contributed by atoms with E-state index >= 15 is 0 Å². The van der Waals surface area contributed by atoms with Crippen LogP contribution in [0.1, 0.15) is 35.1 Å². The molecule has 1 saturated carbocycles. The lowest BCUT2D eigenvalue weighted by Crippen LogP contribution is -2.08. The fourth-order valence-electron chi connectivity index (χ4n) is 1.48. The maximum Gasteiger partial charge on any atom is 0.0392 e. The predicted molar refractivity (Wildman–Crippen MR) is 53.3 cm³/mol. The fraction of sp³-hybridized carbons (Fsp3) is 0.600. The first-order valence-corrected chi connectivity index (χ1v) is 5.39. The van der Waals surface area contributed by atoms with Crippen molar-refractivity contribution in [1.29, 1.82) is 0 Å². The lowest BCUT2D eigenvalue weighted by Gasteiger charge is -2.07. The highest BCUT2D eigenvalue weighted by Crippen LogP contribution is 2.37.